The van der Waals surface area contributed by atoms with Gasteiger partial charge in [0.05, 0.1) is 5.44 Å². The van der Waals surface area contributed by atoms with E-state index >= 15 is 0 Å². The molecule has 0 bridgehead atoms. The number of aromatic nitrogens is 2. The Morgan fingerprint density at radius 2 is 1.50 bits per heavy atom. The minimum atomic E-state index is -0.698. The van der Waals surface area contributed by atoms with Crippen LogP contribution in [0.15, 0.2) is 103 Å². The number of fused-ring (bicyclic) bond motifs is 3. The Labute approximate surface area is 199 Å². The third-order valence-corrected chi connectivity index (χ3v) is 8.50. The molecular formula is C30H23N2OP. The van der Waals surface area contributed by atoms with Gasteiger partial charge in [-0.3, -0.25) is 4.98 Å². The molecule has 0 saturated carbocycles. The van der Waals surface area contributed by atoms with Crippen LogP contribution >= 0.6 is 7.53 Å². The molecule has 6 rings (SSSR count). The van der Waals surface area contributed by atoms with Crippen LogP contribution in [0.1, 0.15) is 11.1 Å². The Hall–Kier alpha value is -3.94. The van der Waals surface area contributed by atoms with Gasteiger partial charge in [0.2, 0.25) is 5.88 Å². The third-order valence-electron chi connectivity index (χ3n) is 6.08. The molecule has 0 fully saturated rings. The summed E-state index contributed by atoms with van der Waals surface area (Å²) in [4.78, 5) is 9.16. The van der Waals surface area contributed by atoms with Crippen LogP contribution in [0, 0.1) is 13.8 Å². The molecule has 0 radical (unpaired) electrons. The van der Waals surface area contributed by atoms with E-state index in [9.17, 15) is 0 Å². The van der Waals surface area contributed by atoms with E-state index in [-0.39, 0.29) is 0 Å². The quantitative estimate of drug-likeness (QED) is 0.265. The minimum absolute atomic E-state index is 0.598. The molecule has 1 unspecified atom stereocenters. The zero-order valence-electron chi connectivity index (χ0n) is 19.1. The van der Waals surface area contributed by atoms with Crippen LogP contribution in [0.5, 0.6) is 11.6 Å². The van der Waals surface area contributed by atoms with Crippen LogP contribution in [0.2, 0.25) is 0 Å². The lowest BCUT2D eigenvalue weighted by Gasteiger charge is -2.09. The van der Waals surface area contributed by atoms with Gasteiger partial charge in [-0.05, 0) is 83.3 Å². The molecule has 34 heavy (non-hydrogen) atoms. The number of hydrogen-bond donors (Lipinski definition) is 0. The summed E-state index contributed by atoms with van der Waals surface area (Å²) < 4.78 is 6.03. The van der Waals surface area contributed by atoms with Crippen molar-refractivity contribution >= 4 is 28.5 Å². The molecule has 1 atom stereocenters. The van der Waals surface area contributed by atoms with Crippen molar-refractivity contribution < 1.29 is 4.74 Å². The second-order valence-corrected chi connectivity index (χ2v) is 10.7. The van der Waals surface area contributed by atoms with Crippen molar-refractivity contribution in [2.75, 3.05) is 0 Å². The lowest BCUT2D eigenvalue weighted by Crippen LogP contribution is -1.88. The van der Waals surface area contributed by atoms with E-state index in [1.54, 1.807) is 0 Å². The van der Waals surface area contributed by atoms with E-state index < -0.39 is 7.53 Å². The van der Waals surface area contributed by atoms with Gasteiger partial charge in [-0.15, -0.1) is 0 Å². The molecule has 3 heterocycles. The molecule has 0 aliphatic heterocycles. The molecule has 0 amide bonds. The number of nitrogens with zero attached hydrogens (tertiary/aromatic N) is 2. The van der Waals surface area contributed by atoms with Crippen LogP contribution in [-0.2, 0) is 0 Å². The number of rotatable bonds is 4. The van der Waals surface area contributed by atoms with Gasteiger partial charge in [-0.1, -0.05) is 56.1 Å². The number of aryl methyl sites for hydroxylation is 2. The van der Waals surface area contributed by atoms with Crippen molar-refractivity contribution in [3.63, 3.8) is 0 Å². The highest BCUT2D eigenvalue weighted by atomic mass is 31.1. The van der Waals surface area contributed by atoms with Crippen molar-refractivity contribution in [1.29, 1.82) is 0 Å². The first-order valence-corrected chi connectivity index (χ1v) is 12.7. The largest absolute Gasteiger partial charge is 0.439 e. The highest BCUT2D eigenvalue weighted by Gasteiger charge is 2.15. The number of ether oxygens (including phenoxy) is 1. The third kappa shape index (κ3) is 3.75. The second-order valence-electron chi connectivity index (χ2n) is 8.58. The molecule has 3 aromatic heterocycles. The zero-order valence-corrected chi connectivity index (χ0v) is 20.0. The summed E-state index contributed by atoms with van der Waals surface area (Å²) in [5.74, 6) is 1.38. The fraction of sp³-hybridized carbons (Fsp3) is 0.0667. The van der Waals surface area contributed by atoms with E-state index in [0.717, 1.165) is 22.3 Å². The molecule has 0 aliphatic rings. The van der Waals surface area contributed by atoms with Crippen LogP contribution in [-0.4, -0.2) is 9.97 Å². The van der Waals surface area contributed by atoms with Gasteiger partial charge in [0.15, 0.2) is 0 Å². The standard InChI is InChI=1S/C30H23N2OP/c1-20-14-15-31-30(16-20)34-27-9-4-3-8-25(27)26-12-11-23(18-28(26)34)22-6-5-7-24(17-22)33-29-13-10-21(2)19-32-29/h3-19H,1-2H3. The SMILES string of the molecule is Cc1ccc(Oc2cccc(-c3ccc4c5ccccc5p(-c5cc(C)ccn5)c4c3)c2)nc1. The minimum Gasteiger partial charge on any atom is -0.439 e. The first-order chi connectivity index (χ1) is 16.7. The predicted molar refractivity (Wildman–Crippen MR) is 143 cm³/mol. The first-order valence-electron chi connectivity index (χ1n) is 11.3. The van der Waals surface area contributed by atoms with Crippen molar-refractivity contribution in [2.24, 2.45) is 0 Å². The lowest BCUT2D eigenvalue weighted by molar-refractivity contribution is 0.463. The maximum atomic E-state index is 6.03. The fourth-order valence-corrected chi connectivity index (χ4v) is 7.06. The van der Waals surface area contributed by atoms with Gasteiger partial charge < -0.3 is 4.74 Å². The average molecular weight is 459 g/mol. The van der Waals surface area contributed by atoms with Crippen LogP contribution in [0.25, 0.3) is 37.6 Å². The summed E-state index contributed by atoms with van der Waals surface area (Å²) in [6.07, 6.45) is 3.75. The molecule has 4 heteroatoms. The Morgan fingerprint density at radius 3 is 2.35 bits per heavy atom. The Morgan fingerprint density at radius 1 is 0.647 bits per heavy atom. The van der Waals surface area contributed by atoms with E-state index in [4.69, 9.17) is 9.72 Å². The molecule has 164 valence electrons. The number of hydrogen-bond acceptors (Lipinski definition) is 3. The molecule has 0 N–H and O–H groups in total. The molecule has 6 aromatic rings. The van der Waals surface area contributed by atoms with Crippen molar-refractivity contribution in [3.8, 4) is 28.2 Å². The highest BCUT2D eigenvalue weighted by molar-refractivity contribution is 7.67. The highest BCUT2D eigenvalue weighted by Crippen LogP contribution is 2.55. The fourth-order valence-electron chi connectivity index (χ4n) is 4.41. The van der Waals surface area contributed by atoms with Crippen molar-refractivity contribution in [3.05, 3.63) is 115 Å². The molecule has 0 spiro atoms. The Balaban J connectivity index is 1.48. The molecule has 0 saturated heterocycles. The monoisotopic (exact) mass is 458 g/mol. The second kappa shape index (κ2) is 8.44. The van der Waals surface area contributed by atoms with Gasteiger partial charge in [0.25, 0.3) is 0 Å². The van der Waals surface area contributed by atoms with E-state index in [2.05, 4.69) is 78.6 Å². The van der Waals surface area contributed by atoms with E-state index in [1.807, 2.05) is 43.6 Å². The molecular weight excluding hydrogens is 435 g/mol. The van der Waals surface area contributed by atoms with Gasteiger partial charge >= 0.3 is 0 Å². The van der Waals surface area contributed by atoms with Gasteiger partial charge in [0, 0.05) is 28.7 Å². The smallest absolute Gasteiger partial charge is 0.219 e. The van der Waals surface area contributed by atoms with Gasteiger partial charge in [-0.2, -0.15) is 0 Å². The summed E-state index contributed by atoms with van der Waals surface area (Å²) in [6, 6.07) is 32.0. The maximum Gasteiger partial charge on any atom is 0.219 e. The van der Waals surface area contributed by atoms with E-state index in [1.165, 1.54) is 32.1 Å². The summed E-state index contributed by atoms with van der Waals surface area (Å²) >= 11 is 0. The summed E-state index contributed by atoms with van der Waals surface area (Å²) in [7, 11) is -0.698. The summed E-state index contributed by atoms with van der Waals surface area (Å²) in [5.41, 5.74) is 5.80. The first kappa shape index (κ1) is 20.7. The summed E-state index contributed by atoms with van der Waals surface area (Å²) in [6.45, 7) is 4.15. The topological polar surface area (TPSA) is 35.0 Å². The van der Waals surface area contributed by atoms with Gasteiger partial charge in [-0.25, -0.2) is 4.98 Å². The van der Waals surface area contributed by atoms with E-state index in [0.29, 0.717) is 5.88 Å². The molecule has 3 aromatic carbocycles. The number of benzene rings is 3. The van der Waals surface area contributed by atoms with Gasteiger partial charge in [0.1, 0.15) is 5.75 Å². The van der Waals surface area contributed by atoms with Crippen molar-refractivity contribution in [1.82, 2.24) is 9.97 Å². The van der Waals surface area contributed by atoms with Crippen LogP contribution in [0.4, 0.5) is 0 Å². The van der Waals surface area contributed by atoms with Crippen LogP contribution < -0.4 is 4.74 Å². The van der Waals surface area contributed by atoms with Crippen LogP contribution in [0.3, 0.4) is 0 Å². The zero-order chi connectivity index (χ0) is 23.1. The predicted octanol–water partition coefficient (Wildman–Crippen LogP) is 8.83. The molecule has 0 aliphatic carbocycles. The summed E-state index contributed by atoms with van der Waals surface area (Å²) in [5, 5.41) is 5.37. The lowest BCUT2D eigenvalue weighted by atomic mass is 10.0. The van der Waals surface area contributed by atoms with Crippen molar-refractivity contribution in [2.45, 2.75) is 13.8 Å². The number of pyridine rings is 2. The maximum absolute atomic E-state index is 6.03. The Kier molecular flexibility index (Phi) is 5.13. The normalized spacial score (nSPS) is 11.8. The molecule has 3 nitrogen and oxygen atoms in total. The average Bonchev–Trinajstić information content (AvgIpc) is 3.19. The Bertz CT molecular complexity index is 1650.